The predicted octanol–water partition coefficient (Wildman–Crippen LogP) is 2.66. The van der Waals surface area contributed by atoms with Crippen molar-refractivity contribution in [1.29, 1.82) is 0 Å². The van der Waals surface area contributed by atoms with Crippen LogP contribution in [0.5, 0.6) is 0 Å². The van der Waals surface area contributed by atoms with Crippen LogP contribution in [0.25, 0.3) is 0 Å². The average molecular weight is 236 g/mol. The maximum absolute atomic E-state index is 3.62. The molecule has 98 valence electrons. The van der Waals surface area contributed by atoms with Crippen molar-refractivity contribution in [3.05, 3.63) is 11.6 Å². The van der Waals surface area contributed by atoms with E-state index in [4.69, 9.17) is 0 Å². The Hall–Kier alpha value is -0.340. The Morgan fingerprint density at radius 1 is 1.41 bits per heavy atom. The van der Waals surface area contributed by atoms with Gasteiger partial charge in [-0.25, -0.2) is 0 Å². The van der Waals surface area contributed by atoms with E-state index in [0.29, 0.717) is 0 Å². The summed E-state index contributed by atoms with van der Waals surface area (Å²) in [7, 11) is 0. The topological polar surface area (TPSA) is 15.3 Å². The minimum absolute atomic E-state index is 0.772. The van der Waals surface area contributed by atoms with E-state index in [0.717, 1.165) is 17.9 Å². The summed E-state index contributed by atoms with van der Waals surface area (Å²) in [5.41, 5.74) is 1.58. The monoisotopic (exact) mass is 236 g/mol. The molecule has 0 aromatic carbocycles. The van der Waals surface area contributed by atoms with Crippen LogP contribution in [0.4, 0.5) is 0 Å². The summed E-state index contributed by atoms with van der Waals surface area (Å²) in [6.45, 7) is 11.7. The van der Waals surface area contributed by atoms with Crippen molar-refractivity contribution >= 4 is 0 Å². The number of nitrogens with one attached hydrogen (secondary N) is 1. The number of rotatable bonds is 5. The summed E-state index contributed by atoms with van der Waals surface area (Å²) in [4.78, 5) is 2.69. The number of hydrogen-bond donors (Lipinski definition) is 1. The third-order valence-corrected chi connectivity index (χ3v) is 4.27. The normalized spacial score (nSPS) is 30.2. The van der Waals surface area contributed by atoms with Crippen LogP contribution in [0, 0.1) is 11.8 Å². The molecule has 1 heterocycles. The van der Waals surface area contributed by atoms with Gasteiger partial charge in [0.1, 0.15) is 0 Å². The van der Waals surface area contributed by atoms with Gasteiger partial charge in [0.15, 0.2) is 0 Å². The first kappa shape index (κ1) is 13.1. The quantitative estimate of drug-likeness (QED) is 0.738. The number of nitrogens with zero attached hydrogens (tertiary/aromatic N) is 1. The molecule has 0 spiro atoms. The molecule has 0 aromatic rings. The number of hydrogen-bond acceptors (Lipinski definition) is 2. The van der Waals surface area contributed by atoms with E-state index in [2.05, 4.69) is 37.1 Å². The molecule has 2 atom stereocenters. The van der Waals surface area contributed by atoms with Gasteiger partial charge in [-0.2, -0.15) is 0 Å². The first-order valence-corrected chi connectivity index (χ1v) is 7.27. The van der Waals surface area contributed by atoms with Crippen LogP contribution in [0.1, 0.15) is 40.0 Å². The zero-order valence-electron chi connectivity index (χ0n) is 11.7. The highest BCUT2D eigenvalue weighted by Gasteiger charge is 2.35. The van der Waals surface area contributed by atoms with Gasteiger partial charge >= 0.3 is 0 Å². The highest BCUT2D eigenvalue weighted by molar-refractivity contribution is 5.06. The lowest BCUT2D eigenvalue weighted by Crippen LogP contribution is -2.51. The summed E-state index contributed by atoms with van der Waals surface area (Å²) in [6.07, 6.45) is 6.54. The van der Waals surface area contributed by atoms with Gasteiger partial charge in [-0.3, -0.25) is 4.90 Å². The van der Waals surface area contributed by atoms with Gasteiger partial charge in [-0.15, -0.1) is 0 Å². The van der Waals surface area contributed by atoms with E-state index < -0.39 is 0 Å². The fraction of sp³-hybridized carbons (Fsp3) is 0.867. The average Bonchev–Trinajstić information content (AvgIpc) is 2.25. The van der Waals surface area contributed by atoms with Crippen molar-refractivity contribution in [3.63, 3.8) is 0 Å². The molecule has 0 bridgehead atoms. The van der Waals surface area contributed by atoms with Crippen molar-refractivity contribution in [2.75, 3.05) is 26.2 Å². The van der Waals surface area contributed by atoms with E-state index in [1.54, 1.807) is 5.57 Å². The lowest BCUT2D eigenvalue weighted by Gasteiger charge is -2.45. The Morgan fingerprint density at radius 2 is 2.24 bits per heavy atom. The Morgan fingerprint density at radius 3 is 2.76 bits per heavy atom. The summed E-state index contributed by atoms with van der Waals surface area (Å²) in [6, 6.07) is 0.860. The highest BCUT2D eigenvalue weighted by Crippen LogP contribution is 2.33. The maximum Gasteiger partial charge on any atom is 0.0168 e. The van der Waals surface area contributed by atoms with Crippen LogP contribution >= 0.6 is 0 Å². The van der Waals surface area contributed by atoms with Crippen LogP contribution in [0.2, 0.25) is 0 Å². The van der Waals surface area contributed by atoms with Crippen molar-refractivity contribution in [2.45, 2.75) is 46.1 Å². The molecule has 17 heavy (non-hydrogen) atoms. The van der Waals surface area contributed by atoms with Crippen molar-refractivity contribution in [2.24, 2.45) is 11.8 Å². The maximum atomic E-state index is 3.62. The molecule has 2 aliphatic rings. The molecule has 1 fully saturated rings. The molecule has 0 amide bonds. The first-order valence-electron chi connectivity index (χ1n) is 7.27. The highest BCUT2D eigenvalue weighted by atomic mass is 15.2. The van der Waals surface area contributed by atoms with Gasteiger partial charge in [0.25, 0.3) is 0 Å². The molecule has 1 N–H and O–H groups in total. The van der Waals surface area contributed by atoms with Gasteiger partial charge in [0.05, 0.1) is 0 Å². The van der Waals surface area contributed by atoms with Crippen LogP contribution in [-0.4, -0.2) is 37.1 Å². The molecule has 0 aromatic heterocycles. The minimum atomic E-state index is 0.772. The molecule has 0 radical (unpaired) electrons. The van der Waals surface area contributed by atoms with Crippen molar-refractivity contribution in [1.82, 2.24) is 10.2 Å². The molecule has 2 unspecified atom stereocenters. The van der Waals surface area contributed by atoms with Gasteiger partial charge in [0, 0.05) is 19.1 Å². The Kier molecular flexibility index (Phi) is 4.63. The second-order valence-corrected chi connectivity index (χ2v) is 6.25. The van der Waals surface area contributed by atoms with Crippen LogP contribution < -0.4 is 5.32 Å². The van der Waals surface area contributed by atoms with E-state index in [-0.39, 0.29) is 0 Å². The summed E-state index contributed by atoms with van der Waals surface area (Å²) >= 11 is 0. The molecule has 1 saturated carbocycles. The molecule has 2 nitrogen and oxygen atoms in total. The lowest BCUT2D eigenvalue weighted by atomic mass is 9.77. The molecule has 1 aliphatic heterocycles. The molecular weight excluding hydrogens is 208 g/mol. The lowest BCUT2D eigenvalue weighted by molar-refractivity contribution is 0.0682. The fourth-order valence-electron chi connectivity index (χ4n) is 2.92. The largest absolute Gasteiger partial charge is 0.316 e. The molecule has 2 rings (SSSR count). The molecule has 2 heteroatoms. The van der Waals surface area contributed by atoms with Gasteiger partial charge in [-0.05, 0) is 51.1 Å². The zero-order chi connectivity index (χ0) is 12.3. The van der Waals surface area contributed by atoms with Crippen LogP contribution in [0.15, 0.2) is 11.6 Å². The Labute approximate surface area is 106 Å². The molecule has 0 saturated heterocycles. The van der Waals surface area contributed by atoms with Crippen molar-refractivity contribution < 1.29 is 0 Å². The summed E-state index contributed by atoms with van der Waals surface area (Å²) in [5.74, 6) is 1.68. The molecular formula is C15H28N2. The summed E-state index contributed by atoms with van der Waals surface area (Å²) in [5, 5.41) is 3.62. The minimum Gasteiger partial charge on any atom is -0.316 e. The fourth-order valence-corrected chi connectivity index (χ4v) is 2.92. The second kappa shape index (κ2) is 6.01. The zero-order valence-corrected chi connectivity index (χ0v) is 11.7. The van der Waals surface area contributed by atoms with E-state index in [9.17, 15) is 0 Å². The van der Waals surface area contributed by atoms with Crippen LogP contribution in [-0.2, 0) is 0 Å². The third kappa shape index (κ3) is 3.56. The van der Waals surface area contributed by atoms with Gasteiger partial charge in [0.2, 0.25) is 0 Å². The van der Waals surface area contributed by atoms with Crippen LogP contribution in [0.3, 0.4) is 0 Å². The second-order valence-electron chi connectivity index (χ2n) is 6.25. The SMILES string of the molecule is CC1=CCN(C2CCC2CNCC(C)C)CC1. The summed E-state index contributed by atoms with van der Waals surface area (Å²) < 4.78 is 0. The van der Waals surface area contributed by atoms with Gasteiger partial charge < -0.3 is 5.32 Å². The Balaban J connectivity index is 1.71. The van der Waals surface area contributed by atoms with E-state index in [1.807, 2.05) is 0 Å². The first-order chi connectivity index (χ1) is 8.16. The predicted molar refractivity (Wildman–Crippen MR) is 74.2 cm³/mol. The standard InChI is InChI=1S/C15H28N2/c1-12(2)10-16-11-14-4-5-15(14)17-8-6-13(3)7-9-17/h6,12,14-16H,4-5,7-11H2,1-3H3. The third-order valence-electron chi connectivity index (χ3n) is 4.27. The molecule has 1 aliphatic carbocycles. The van der Waals surface area contributed by atoms with Crippen molar-refractivity contribution in [3.8, 4) is 0 Å². The Bertz CT molecular complexity index is 270. The van der Waals surface area contributed by atoms with Gasteiger partial charge in [-0.1, -0.05) is 25.5 Å². The van der Waals surface area contributed by atoms with E-state index in [1.165, 1.54) is 45.4 Å². The smallest absolute Gasteiger partial charge is 0.0168 e. The van der Waals surface area contributed by atoms with E-state index >= 15 is 0 Å².